The molecular formula is C14H16N2O5S. The third-order valence-electron chi connectivity index (χ3n) is 2.23. The van der Waals surface area contributed by atoms with E-state index in [-0.39, 0.29) is 4.90 Å². The van der Waals surface area contributed by atoms with Crippen molar-refractivity contribution in [2.75, 3.05) is 0 Å². The summed E-state index contributed by atoms with van der Waals surface area (Å²) >= 11 is 0. The zero-order chi connectivity index (χ0) is 17.0. The van der Waals surface area contributed by atoms with Crippen molar-refractivity contribution in [3.63, 3.8) is 0 Å². The summed E-state index contributed by atoms with van der Waals surface area (Å²) < 4.78 is 33.1. The van der Waals surface area contributed by atoms with Gasteiger partial charge in [-0.3, -0.25) is 4.28 Å². The van der Waals surface area contributed by atoms with Crippen LogP contribution in [0.3, 0.4) is 0 Å². The fourth-order valence-corrected chi connectivity index (χ4v) is 1.99. The maximum atomic E-state index is 11.9. The Labute approximate surface area is 129 Å². The lowest BCUT2D eigenvalue weighted by atomic mass is 10.2. The average molecular weight is 324 g/mol. The molecule has 0 unspecified atom stereocenters. The molecule has 1 aromatic carbocycles. The van der Waals surface area contributed by atoms with Crippen LogP contribution in [0.2, 0.25) is 0 Å². The summed E-state index contributed by atoms with van der Waals surface area (Å²) in [5.74, 6) is -1.06. The van der Waals surface area contributed by atoms with E-state index in [4.69, 9.17) is 10.00 Å². The highest BCUT2D eigenvalue weighted by atomic mass is 32.2. The first-order valence-corrected chi connectivity index (χ1v) is 7.68. The van der Waals surface area contributed by atoms with Crippen LogP contribution in [-0.4, -0.2) is 25.7 Å². The smallest absolute Gasteiger partial charge is 0.372 e. The Kier molecular flexibility index (Phi) is 5.28. The highest BCUT2D eigenvalue weighted by Crippen LogP contribution is 2.14. The molecule has 0 fully saturated rings. The van der Waals surface area contributed by atoms with Crippen molar-refractivity contribution >= 4 is 21.8 Å². The van der Waals surface area contributed by atoms with Crippen LogP contribution in [-0.2, 0) is 23.9 Å². The largest absolute Gasteiger partial charge is 0.455 e. The lowest BCUT2D eigenvalue weighted by molar-refractivity contribution is -0.146. The van der Waals surface area contributed by atoms with E-state index >= 15 is 0 Å². The zero-order valence-electron chi connectivity index (χ0n) is 12.7. The van der Waals surface area contributed by atoms with Gasteiger partial charge in [-0.25, -0.2) is 4.79 Å². The van der Waals surface area contributed by atoms with Gasteiger partial charge in [-0.1, -0.05) is 17.7 Å². The molecule has 0 saturated carbocycles. The number of nitrogens with zero attached hydrogens (tertiary/aromatic N) is 2. The first kappa shape index (κ1) is 17.7. The number of nitriles is 1. The van der Waals surface area contributed by atoms with Crippen LogP contribution in [0.25, 0.3) is 0 Å². The van der Waals surface area contributed by atoms with Crippen LogP contribution in [0.5, 0.6) is 0 Å². The molecule has 0 saturated heterocycles. The van der Waals surface area contributed by atoms with Gasteiger partial charge >= 0.3 is 16.1 Å². The molecule has 0 amide bonds. The minimum atomic E-state index is -4.21. The van der Waals surface area contributed by atoms with Crippen molar-refractivity contribution in [2.24, 2.45) is 5.16 Å². The fraction of sp³-hybridized carbons (Fsp3) is 0.357. The second-order valence-electron chi connectivity index (χ2n) is 5.40. The van der Waals surface area contributed by atoms with Crippen LogP contribution < -0.4 is 0 Å². The molecule has 0 bridgehead atoms. The van der Waals surface area contributed by atoms with Gasteiger partial charge in [0.1, 0.15) is 16.6 Å². The molecule has 8 heteroatoms. The molecule has 118 valence electrons. The van der Waals surface area contributed by atoms with Crippen molar-refractivity contribution in [1.82, 2.24) is 0 Å². The second-order valence-corrected chi connectivity index (χ2v) is 6.92. The fourth-order valence-electron chi connectivity index (χ4n) is 1.26. The van der Waals surface area contributed by atoms with E-state index in [1.54, 1.807) is 39.8 Å². The van der Waals surface area contributed by atoms with Crippen LogP contribution in [0.4, 0.5) is 0 Å². The first-order valence-electron chi connectivity index (χ1n) is 6.27. The third-order valence-corrected chi connectivity index (χ3v) is 3.35. The number of aryl methyl sites for hydroxylation is 1. The zero-order valence-corrected chi connectivity index (χ0v) is 13.5. The second kappa shape index (κ2) is 6.58. The van der Waals surface area contributed by atoms with E-state index in [9.17, 15) is 13.2 Å². The van der Waals surface area contributed by atoms with Crippen molar-refractivity contribution in [1.29, 1.82) is 5.26 Å². The van der Waals surface area contributed by atoms with Gasteiger partial charge in [0.15, 0.2) is 0 Å². The molecule has 0 radical (unpaired) electrons. The number of benzene rings is 1. The third kappa shape index (κ3) is 5.18. The van der Waals surface area contributed by atoms with Crippen LogP contribution >= 0.6 is 0 Å². The van der Waals surface area contributed by atoms with Gasteiger partial charge in [0, 0.05) is 0 Å². The van der Waals surface area contributed by atoms with E-state index in [2.05, 4.69) is 9.44 Å². The highest BCUT2D eigenvalue weighted by molar-refractivity contribution is 7.86. The van der Waals surface area contributed by atoms with Crippen molar-refractivity contribution in [2.45, 2.75) is 38.2 Å². The quantitative estimate of drug-likeness (QED) is 0.476. The van der Waals surface area contributed by atoms with Gasteiger partial charge in [0.2, 0.25) is 0 Å². The van der Waals surface area contributed by atoms with E-state index in [0.717, 1.165) is 5.56 Å². The van der Waals surface area contributed by atoms with Crippen LogP contribution in [0.15, 0.2) is 34.3 Å². The predicted octanol–water partition coefficient (Wildman–Crippen LogP) is 1.92. The van der Waals surface area contributed by atoms with E-state index in [1.807, 2.05) is 0 Å². The van der Waals surface area contributed by atoms with Gasteiger partial charge in [0.25, 0.3) is 5.71 Å². The van der Waals surface area contributed by atoms with Crippen molar-refractivity contribution < 1.29 is 22.2 Å². The van der Waals surface area contributed by atoms with Crippen molar-refractivity contribution in [3.8, 4) is 6.07 Å². The number of carbonyl (C=O) groups is 1. The lowest BCUT2D eigenvalue weighted by Gasteiger charge is -2.18. The summed E-state index contributed by atoms with van der Waals surface area (Å²) in [5, 5.41) is 11.9. The Morgan fingerprint density at radius 2 is 1.77 bits per heavy atom. The van der Waals surface area contributed by atoms with Gasteiger partial charge in [0.05, 0.1) is 0 Å². The monoisotopic (exact) mass is 324 g/mol. The van der Waals surface area contributed by atoms with Crippen LogP contribution in [0.1, 0.15) is 26.3 Å². The van der Waals surface area contributed by atoms with Gasteiger partial charge in [-0.05, 0) is 45.0 Å². The number of hydrogen-bond donors (Lipinski definition) is 0. The topological polar surface area (TPSA) is 106 Å². The number of rotatable bonds is 4. The maximum absolute atomic E-state index is 11.9. The summed E-state index contributed by atoms with van der Waals surface area (Å²) in [5.41, 5.74) is -0.760. The van der Waals surface area contributed by atoms with Gasteiger partial charge < -0.3 is 4.74 Å². The highest BCUT2D eigenvalue weighted by Gasteiger charge is 2.23. The molecule has 0 aliphatic carbocycles. The van der Waals surface area contributed by atoms with E-state index in [0.29, 0.717) is 0 Å². The minimum absolute atomic E-state index is 0.136. The lowest BCUT2D eigenvalue weighted by Crippen LogP contribution is -2.28. The molecule has 7 nitrogen and oxygen atoms in total. The normalized spacial score (nSPS) is 12.4. The Balaban J connectivity index is 2.95. The minimum Gasteiger partial charge on any atom is -0.455 e. The summed E-state index contributed by atoms with van der Waals surface area (Å²) in [6.45, 7) is 6.60. The molecular weight excluding hydrogens is 308 g/mol. The molecule has 22 heavy (non-hydrogen) atoms. The predicted molar refractivity (Wildman–Crippen MR) is 78.3 cm³/mol. The molecule has 0 N–H and O–H groups in total. The van der Waals surface area contributed by atoms with E-state index in [1.165, 1.54) is 18.2 Å². The molecule has 0 aromatic heterocycles. The molecule has 0 atom stereocenters. The van der Waals surface area contributed by atoms with E-state index < -0.39 is 27.4 Å². The SMILES string of the molecule is Cc1ccc(S(=O)(=O)O/N=C(\C#N)C(=O)OC(C)(C)C)cc1. The van der Waals surface area contributed by atoms with Gasteiger partial charge in [-0.15, -0.1) is 0 Å². The molecule has 1 rings (SSSR count). The van der Waals surface area contributed by atoms with Crippen molar-refractivity contribution in [3.05, 3.63) is 29.8 Å². The number of esters is 1. The standard InChI is InChI=1S/C14H16N2O5S/c1-10-5-7-11(8-6-10)22(18,19)21-16-12(9-15)13(17)20-14(2,3)4/h5-8H,1-4H3/b16-12+. The average Bonchev–Trinajstić information content (AvgIpc) is 2.37. The number of oxime groups is 1. The number of ether oxygens (including phenoxy) is 1. The number of carbonyl (C=O) groups excluding carboxylic acids is 1. The molecule has 1 aromatic rings. The van der Waals surface area contributed by atoms with Gasteiger partial charge in [-0.2, -0.15) is 13.7 Å². The Morgan fingerprint density at radius 1 is 1.23 bits per heavy atom. The summed E-state index contributed by atoms with van der Waals surface area (Å²) in [6, 6.07) is 7.27. The Bertz CT molecular complexity index is 722. The molecule has 0 spiro atoms. The molecule has 0 heterocycles. The first-order chi connectivity index (χ1) is 10.0. The maximum Gasteiger partial charge on any atom is 0.372 e. The molecule has 0 aliphatic heterocycles. The summed E-state index contributed by atoms with van der Waals surface area (Å²) in [7, 11) is -4.21. The molecule has 0 aliphatic rings. The van der Waals surface area contributed by atoms with Crippen LogP contribution in [0, 0.1) is 18.3 Å². The Morgan fingerprint density at radius 3 is 2.23 bits per heavy atom. The Hall–Kier alpha value is -2.40. The number of hydrogen-bond acceptors (Lipinski definition) is 7. The summed E-state index contributed by atoms with van der Waals surface area (Å²) in [4.78, 5) is 11.5. The summed E-state index contributed by atoms with van der Waals surface area (Å²) in [6.07, 6.45) is 0.